The van der Waals surface area contributed by atoms with Gasteiger partial charge in [0.1, 0.15) is 0 Å². The van der Waals surface area contributed by atoms with Crippen LogP contribution in [0, 0.1) is 5.92 Å². The van der Waals surface area contributed by atoms with Gasteiger partial charge in [0.15, 0.2) is 5.96 Å². The number of amides is 1. The molecular formula is C19H38IN5O. The van der Waals surface area contributed by atoms with Crippen molar-refractivity contribution in [2.75, 3.05) is 45.8 Å². The minimum Gasteiger partial charge on any atom is -0.357 e. The fourth-order valence-corrected chi connectivity index (χ4v) is 3.92. The highest BCUT2D eigenvalue weighted by Crippen LogP contribution is 2.17. The van der Waals surface area contributed by atoms with E-state index in [0.29, 0.717) is 24.9 Å². The molecule has 2 rings (SSSR count). The summed E-state index contributed by atoms with van der Waals surface area (Å²) >= 11 is 0. The van der Waals surface area contributed by atoms with E-state index in [2.05, 4.69) is 36.3 Å². The lowest BCUT2D eigenvalue weighted by Crippen LogP contribution is -2.43. The average molecular weight is 479 g/mol. The van der Waals surface area contributed by atoms with Crippen LogP contribution in [0.4, 0.5) is 0 Å². The predicted molar refractivity (Wildman–Crippen MR) is 119 cm³/mol. The third-order valence-corrected chi connectivity index (χ3v) is 5.35. The summed E-state index contributed by atoms with van der Waals surface area (Å²) in [6.45, 7) is 13.0. The molecule has 0 bridgehead atoms. The van der Waals surface area contributed by atoms with Gasteiger partial charge in [-0.3, -0.25) is 14.7 Å². The molecule has 0 aromatic heterocycles. The fourth-order valence-electron chi connectivity index (χ4n) is 3.92. The molecule has 2 aliphatic rings. The SMILES string of the molecule is CCNC(=NCC1CCCN1CC)NCCC(=O)N1CCCC(C)C1.I. The maximum Gasteiger partial charge on any atom is 0.224 e. The van der Waals surface area contributed by atoms with E-state index < -0.39 is 0 Å². The van der Waals surface area contributed by atoms with Crippen LogP contribution in [-0.2, 0) is 4.79 Å². The Hall–Kier alpha value is -0.570. The molecule has 0 aromatic carbocycles. The van der Waals surface area contributed by atoms with Crippen LogP contribution in [0.25, 0.3) is 0 Å². The third-order valence-electron chi connectivity index (χ3n) is 5.35. The van der Waals surface area contributed by atoms with E-state index in [1.165, 1.54) is 25.8 Å². The Balaban J connectivity index is 0.00000338. The van der Waals surface area contributed by atoms with Crippen LogP contribution in [0.15, 0.2) is 4.99 Å². The van der Waals surface area contributed by atoms with Crippen LogP contribution in [0.2, 0.25) is 0 Å². The monoisotopic (exact) mass is 479 g/mol. The first-order valence-electron chi connectivity index (χ1n) is 10.2. The van der Waals surface area contributed by atoms with Crippen LogP contribution < -0.4 is 10.6 Å². The van der Waals surface area contributed by atoms with Gasteiger partial charge in [-0.25, -0.2) is 0 Å². The van der Waals surface area contributed by atoms with Crippen LogP contribution in [0.3, 0.4) is 0 Å². The first-order chi connectivity index (χ1) is 12.1. The first-order valence-corrected chi connectivity index (χ1v) is 10.2. The van der Waals surface area contributed by atoms with E-state index in [0.717, 1.165) is 45.1 Å². The Morgan fingerprint density at radius 3 is 2.62 bits per heavy atom. The Morgan fingerprint density at radius 2 is 1.92 bits per heavy atom. The minimum atomic E-state index is 0. The van der Waals surface area contributed by atoms with E-state index in [1.54, 1.807) is 0 Å². The Kier molecular flexibility index (Phi) is 11.5. The fraction of sp³-hybridized carbons (Fsp3) is 0.895. The zero-order valence-corrected chi connectivity index (χ0v) is 19.1. The zero-order valence-electron chi connectivity index (χ0n) is 16.8. The largest absolute Gasteiger partial charge is 0.357 e. The molecule has 2 aliphatic heterocycles. The second-order valence-electron chi connectivity index (χ2n) is 7.41. The summed E-state index contributed by atoms with van der Waals surface area (Å²) < 4.78 is 0. The number of nitrogens with zero attached hydrogens (tertiary/aromatic N) is 3. The summed E-state index contributed by atoms with van der Waals surface area (Å²) in [6.07, 6.45) is 5.44. The Bertz CT molecular complexity index is 446. The molecule has 6 nitrogen and oxygen atoms in total. The molecule has 7 heteroatoms. The van der Waals surface area contributed by atoms with Crippen LogP contribution in [0.1, 0.15) is 52.9 Å². The standard InChI is InChI=1S/C19H37N5O.HI/c1-4-20-19(22-14-17-9-7-12-23(17)5-2)21-11-10-18(25)24-13-6-8-16(3)15-24;/h16-17H,4-15H2,1-3H3,(H2,20,21,22);1H. The minimum absolute atomic E-state index is 0. The highest BCUT2D eigenvalue weighted by atomic mass is 127. The molecule has 2 unspecified atom stereocenters. The van der Waals surface area contributed by atoms with Gasteiger partial charge in [-0.2, -0.15) is 0 Å². The molecule has 152 valence electrons. The van der Waals surface area contributed by atoms with E-state index in [-0.39, 0.29) is 29.9 Å². The highest BCUT2D eigenvalue weighted by Gasteiger charge is 2.23. The second kappa shape index (κ2) is 12.8. The predicted octanol–water partition coefficient (Wildman–Crippen LogP) is 2.29. The first kappa shape index (κ1) is 23.5. The molecule has 0 spiro atoms. The smallest absolute Gasteiger partial charge is 0.224 e. The van der Waals surface area contributed by atoms with Gasteiger partial charge in [-0.1, -0.05) is 13.8 Å². The number of guanidine groups is 1. The number of rotatable bonds is 7. The Labute approximate surface area is 176 Å². The van der Waals surface area contributed by atoms with Crippen molar-refractivity contribution >= 4 is 35.8 Å². The van der Waals surface area contributed by atoms with Crippen molar-refractivity contribution in [2.45, 2.75) is 58.9 Å². The van der Waals surface area contributed by atoms with Gasteiger partial charge in [0.25, 0.3) is 0 Å². The van der Waals surface area contributed by atoms with Gasteiger partial charge < -0.3 is 15.5 Å². The highest BCUT2D eigenvalue weighted by molar-refractivity contribution is 14.0. The molecule has 0 radical (unpaired) electrons. The lowest BCUT2D eigenvalue weighted by molar-refractivity contribution is -0.132. The number of nitrogens with one attached hydrogen (secondary N) is 2. The average Bonchev–Trinajstić information content (AvgIpc) is 3.07. The second-order valence-corrected chi connectivity index (χ2v) is 7.41. The molecule has 0 aliphatic carbocycles. The lowest BCUT2D eigenvalue weighted by Gasteiger charge is -2.31. The molecular weight excluding hydrogens is 441 g/mol. The molecule has 2 fully saturated rings. The van der Waals surface area contributed by atoms with E-state index in [4.69, 9.17) is 4.99 Å². The van der Waals surface area contributed by atoms with Crippen LogP contribution in [0.5, 0.6) is 0 Å². The molecule has 2 heterocycles. The number of carbonyl (C=O) groups is 1. The van der Waals surface area contributed by atoms with Gasteiger partial charge in [0, 0.05) is 38.6 Å². The number of hydrogen-bond acceptors (Lipinski definition) is 3. The molecule has 1 amide bonds. The van der Waals surface area contributed by atoms with Gasteiger partial charge >= 0.3 is 0 Å². The summed E-state index contributed by atoms with van der Waals surface area (Å²) in [7, 11) is 0. The summed E-state index contributed by atoms with van der Waals surface area (Å²) in [5, 5.41) is 6.63. The number of halogens is 1. The summed E-state index contributed by atoms with van der Waals surface area (Å²) in [6, 6.07) is 0.567. The molecule has 2 saturated heterocycles. The maximum absolute atomic E-state index is 12.4. The third kappa shape index (κ3) is 7.58. The summed E-state index contributed by atoms with van der Waals surface area (Å²) in [4.78, 5) is 21.6. The van der Waals surface area contributed by atoms with E-state index in [1.807, 2.05) is 4.90 Å². The molecule has 2 atom stereocenters. The Morgan fingerprint density at radius 1 is 1.15 bits per heavy atom. The number of likely N-dealkylation sites (N-methyl/N-ethyl adjacent to an activating group) is 1. The van der Waals surface area contributed by atoms with E-state index >= 15 is 0 Å². The van der Waals surface area contributed by atoms with E-state index in [9.17, 15) is 4.79 Å². The van der Waals surface area contributed by atoms with Gasteiger partial charge in [0.05, 0.1) is 6.54 Å². The van der Waals surface area contributed by atoms with Crippen molar-refractivity contribution in [1.29, 1.82) is 0 Å². The summed E-state index contributed by atoms with van der Waals surface area (Å²) in [5.41, 5.74) is 0. The molecule has 0 saturated carbocycles. The number of carbonyl (C=O) groups excluding carboxylic acids is 1. The molecule has 26 heavy (non-hydrogen) atoms. The number of likely N-dealkylation sites (tertiary alicyclic amines) is 2. The van der Waals surface area contributed by atoms with Crippen LogP contribution in [-0.4, -0.2) is 73.5 Å². The maximum atomic E-state index is 12.4. The van der Waals surface area contributed by atoms with Crippen molar-refractivity contribution in [2.24, 2.45) is 10.9 Å². The number of piperidine rings is 1. The number of aliphatic imine (C=N–C) groups is 1. The summed E-state index contributed by atoms with van der Waals surface area (Å²) in [5.74, 6) is 1.74. The molecule has 2 N–H and O–H groups in total. The van der Waals surface area contributed by atoms with Crippen LogP contribution >= 0.6 is 24.0 Å². The van der Waals surface area contributed by atoms with Crippen molar-refractivity contribution in [1.82, 2.24) is 20.4 Å². The van der Waals surface area contributed by atoms with Crippen molar-refractivity contribution < 1.29 is 4.79 Å². The van der Waals surface area contributed by atoms with Gasteiger partial charge in [-0.15, -0.1) is 24.0 Å². The zero-order chi connectivity index (χ0) is 18.1. The normalized spacial score (nSPS) is 24.3. The van der Waals surface area contributed by atoms with Crippen molar-refractivity contribution in [3.05, 3.63) is 0 Å². The number of hydrogen-bond donors (Lipinski definition) is 2. The lowest BCUT2D eigenvalue weighted by atomic mass is 10.00. The topological polar surface area (TPSA) is 60.0 Å². The van der Waals surface area contributed by atoms with Gasteiger partial charge in [-0.05, 0) is 51.6 Å². The molecule has 0 aromatic rings. The van der Waals surface area contributed by atoms with Crippen molar-refractivity contribution in [3.8, 4) is 0 Å². The van der Waals surface area contributed by atoms with Gasteiger partial charge in [0.2, 0.25) is 5.91 Å². The van der Waals surface area contributed by atoms with Crippen molar-refractivity contribution in [3.63, 3.8) is 0 Å². The quantitative estimate of drug-likeness (QED) is 0.334.